The van der Waals surface area contributed by atoms with E-state index in [-0.39, 0.29) is 28.0 Å². The highest BCUT2D eigenvalue weighted by Crippen LogP contribution is 2.22. The molecule has 0 spiro atoms. The summed E-state index contributed by atoms with van der Waals surface area (Å²) in [6.45, 7) is 0. The topological polar surface area (TPSA) is 92.3 Å². The molecule has 0 saturated heterocycles. The van der Waals surface area contributed by atoms with E-state index in [1.165, 1.54) is 19.2 Å². The van der Waals surface area contributed by atoms with Crippen LogP contribution >= 0.6 is 11.6 Å². The Morgan fingerprint density at radius 1 is 1.04 bits per heavy atom. The lowest BCUT2D eigenvalue weighted by Crippen LogP contribution is -2.22. The molecule has 2 aromatic rings. The first-order valence-corrected chi connectivity index (χ1v) is 9.46. The number of halogens is 1. The molecule has 0 heterocycles. The molecule has 2 aromatic carbocycles. The van der Waals surface area contributed by atoms with E-state index in [0.717, 1.165) is 0 Å². The van der Waals surface area contributed by atoms with Crippen LogP contribution in [0, 0.1) is 0 Å². The van der Waals surface area contributed by atoms with Crippen molar-refractivity contribution in [2.75, 3.05) is 18.1 Å². The molecule has 8 heteroatoms. The lowest BCUT2D eigenvalue weighted by molar-refractivity contribution is -0.115. The van der Waals surface area contributed by atoms with Crippen molar-refractivity contribution in [1.82, 2.24) is 5.32 Å². The maximum Gasteiger partial charge on any atom is 0.253 e. The van der Waals surface area contributed by atoms with Gasteiger partial charge >= 0.3 is 0 Å². The number of carbonyl (C=O) groups excluding carboxylic acids is 2. The van der Waals surface area contributed by atoms with Gasteiger partial charge in [-0.05, 0) is 24.3 Å². The number of nitrogens with one attached hydrogen (secondary N) is 2. The second kappa shape index (κ2) is 8.13. The molecule has 0 aliphatic rings. The molecule has 25 heavy (non-hydrogen) atoms. The number of rotatable bonds is 6. The van der Waals surface area contributed by atoms with E-state index in [1.54, 1.807) is 36.4 Å². The lowest BCUT2D eigenvalue weighted by atomic mass is 10.1. The van der Waals surface area contributed by atoms with Gasteiger partial charge in [0, 0.05) is 13.5 Å². The third-order valence-electron chi connectivity index (χ3n) is 3.44. The Morgan fingerprint density at radius 2 is 1.68 bits per heavy atom. The molecular weight excluding hydrogens is 364 g/mol. The molecule has 0 aromatic heterocycles. The van der Waals surface area contributed by atoms with Gasteiger partial charge in [0.05, 0.1) is 26.9 Å². The zero-order valence-corrected chi connectivity index (χ0v) is 15.0. The number of sulfone groups is 1. The highest BCUT2D eigenvalue weighted by Gasteiger charge is 2.20. The van der Waals surface area contributed by atoms with Crippen molar-refractivity contribution in [3.63, 3.8) is 0 Å². The van der Waals surface area contributed by atoms with Crippen molar-refractivity contribution in [2.45, 2.75) is 11.3 Å². The highest BCUT2D eigenvalue weighted by atomic mass is 35.5. The van der Waals surface area contributed by atoms with Crippen LogP contribution in [0.3, 0.4) is 0 Å². The summed E-state index contributed by atoms with van der Waals surface area (Å²) in [4.78, 5) is 23.9. The molecule has 0 aliphatic carbocycles. The zero-order chi connectivity index (χ0) is 18.4. The Balaban J connectivity index is 2.07. The van der Waals surface area contributed by atoms with Crippen LogP contribution in [0.1, 0.15) is 16.8 Å². The summed E-state index contributed by atoms with van der Waals surface area (Å²) >= 11 is 5.90. The Kier molecular flexibility index (Phi) is 6.17. The fraction of sp³-hybridized carbons (Fsp3) is 0.176. The first-order chi connectivity index (χ1) is 11.8. The van der Waals surface area contributed by atoms with Gasteiger partial charge in [-0.25, -0.2) is 8.42 Å². The summed E-state index contributed by atoms with van der Waals surface area (Å²) in [6, 6.07) is 12.6. The summed E-state index contributed by atoms with van der Waals surface area (Å²) in [5.74, 6) is -1.24. The van der Waals surface area contributed by atoms with E-state index in [1.807, 2.05) is 0 Å². The standard InChI is InChI=1S/C17H17ClN2O4S/c1-19-17(22)12-6-2-4-8-14(12)20-16(21)10-11-25(23,24)15-9-5-3-7-13(15)18/h2-9H,10-11H2,1H3,(H,19,22)(H,20,21). The largest absolute Gasteiger partial charge is 0.355 e. The number of hydrogen-bond acceptors (Lipinski definition) is 4. The second-order valence-corrected chi connectivity index (χ2v) is 7.66. The molecule has 0 fully saturated rings. The SMILES string of the molecule is CNC(=O)c1ccccc1NC(=O)CCS(=O)(=O)c1ccccc1Cl. The van der Waals surface area contributed by atoms with Gasteiger partial charge in [-0.3, -0.25) is 9.59 Å². The lowest BCUT2D eigenvalue weighted by Gasteiger charge is -2.10. The van der Waals surface area contributed by atoms with Crippen molar-refractivity contribution in [3.05, 3.63) is 59.1 Å². The van der Waals surface area contributed by atoms with Crippen LogP contribution in [0.25, 0.3) is 0 Å². The van der Waals surface area contributed by atoms with Gasteiger partial charge in [-0.15, -0.1) is 0 Å². The molecule has 0 unspecified atom stereocenters. The summed E-state index contributed by atoms with van der Waals surface area (Å²) in [5.41, 5.74) is 0.620. The molecule has 0 saturated carbocycles. The Labute approximate surface area is 151 Å². The van der Waals surface area contributed by atoms with E-state index in [2.05, 4.69) is 10.6 Å². The fourth-order valence-corrected chi connectivity index (χ4v) is 3.98. The maximum absolute atomic E-state index is 12.3. The van der Waals surface area contributed by atoms with E-state index in [0.29, 0.717) is 11.3 Å². The first kappa shape index (κ1) is 19.0. The molecule has 0 atom stereocenters. The van der Waals surface area contributed by atoms with Crippen molar-refractivity contribution in [1.29, 1.82) is 0 Å². The molecule has 2 amide bonds. The van der Waals surface area contributed by atoms with Crippen LogP contribution in [0.4, 0.5) is 5.69 Å². The van der Waals surface area contributed by atoms with Gasteiger partial charge in [0.1, 0.15) is 0 Å². The molecular formula is C17H17ClN2O4S. The molecule has 132 valence electrons. The number of amides is 2. The summed E-state index contributed by atoms with van der Waals surface area (Å²) in [7, 11) is -2.20. The van der Waals surface area contributed by atoms with Gasteiger partial charge in [-0.1, -0.05) is 35.9 Å². The van der Waals surface area contributed by atoms with Gasteiger partial charge in [-0.2, -0.15) is 0 Å². The average Bonchev–Trinajstić information content (AvgIpc) is 2.60. The smallest absolute Gasteiger partial charge is 0.253 e. The number of benzene rings is 2. The highest BCUT2D eigenvalue weighted by molar-refractivity contribution is 7.91. The fourth-order valence-electron chi connectivity index (χ4n) is 2.17. The predicted molar refractivity (Wildman–Crippen MR) is 96.6 cm³/mol. The molecule has 2 N–H and O–H groups in total. The summed E-state index contributed by atoms with van der Waals surface area (Å²) in [5, 5.41) is 5.16. The van der Waals surface area contributed by atoms with E-state index in [4.69, 9.17) is 11.6 Å². The first-order valence-electron chi connectivity index (χ1n) is 7.43. The molecule has 6 nitrogen and oxygen atoms in total. The van der Waals surface area contributed by atoms with E-state index in [9.17, 15) is 18.0 Å². The van der Waals surface area contributed by atoms with Crippen molar-refractivity contribution >= 4 is 38.9 Å². The van der Waals surface area contributed by atoms with Gasteiger partial charge in [0.15, 0.2) is 9.84 Å². The van der Waals surface area contributed by atoms with Gasteiger partial charge in [0.25, 0.3) is 5.91 Å². The third kappa shape index (κ3) is 4.80. The van der Waals surface area contributed by atoms with Crippen molar-refractivity contribution in [3.8, 4) is 0 Å². The summed E-state index contributed by atoms with van der Waals surface area (Å²) in [6.07, 6.45) is -0.254. The maximum atomic E-state index is 12.3. The van der Waals surface area contributed by atoms with E-state index >= 15 is 0 Å². The zero-order valence-electron chi connectivity index (χ0n) is 13.5. The number of anilines is 1. The normalized spacial score (nSPS) is 11.0. The Bertz CT molecular complexity index is 897. The van der Waals surface area contributed by atoms with Crippen LogP contribution in [-0.4, -0.2) is 33.0 Å². The van der Waals surface area contributed by atoms with Crippen LogP contribution in [0.15, 0.2) is 53.4 Å². The quantitative estimate of drug-likeness (QED) is 0.805. The third-order valence-corrected chi connectivity index (χ3v) is 5.65. The van der Waals surface area contributed by atoms with Crippen molar-refractivity contribution < 1.29 is 18.0 Å². The predicted octanol–water partition coefficient (Wildman–Crippen LogP) is 2.50. The minimum absolute atomic E-state index is 0.00442. The van der Waals surface area contributed by atoms with Crippen LogP contribution < -0.4 is 10.6 Å². The molecule has 0 bridgehead atoms. The van der Waals surface area contributed by atoms with Crippen LogP contribution in [0.5, 0.6) is 0 Å². The Hall–Kier alpha value is -2.38. The molecule has 0 aliphatic heterocycles. The monoisotopic (exact) mass is 380 g/mol. The Morgan fingerprint density at radius 3 is 2.36 bits per heavy atom. The van der Waals surface area contributed by atoms with Gasteiger partial charge < -0.3 is 10.6 Å². The van der Waals surface area contributed by atoms with Crippen LogP contribution in [0.2, 0.25) is 5.02 Å². The van der Waals surface area contributed by atoms with Crippen LogP contribution in [-0.2, 0) is 14.6 Å². The summed E-state index contributed by atoms with van der Waals surface area (Å²) < 4.78 is 24.6. The second-order valence-electron chi connectivity index (χ2n) is 5.17. The van der Waals surface area contributed by atoms with Gasteiger partial charge in [0.2, 0.25) is 5.91 Å². The van der Waals surface area contributed by atoms with E-state index < -0.39 is 15.7 Å². The number of carbonyl (C=O) groups is 2. The molecule has 0 radical (unpaired) electrons. The minimum atomic E-state index is -3.68. The average molecular weight is 381 g/mol. The molecule has 2 rings (SSSR count). The van der Waals surface area contributed by atoms with Crippen molar-refractivity contribution in [2.24, 2.45) is 0 Å². The number of para-hydroxylation sites is 1. The number of hydrogen-bond donors (Lipinski definition) is 2. The minimum Gasteiger partial charge on any atom is -0.355 e.